The van der Waals surface area contributed by atoms with Gasteiger partial charge < -0.3 is 10.4 Å². The minimum absolute atomic E-state index is 0.176. The first-order valence-electron chi connectivity index (χ1n) is 6.34. The highest BCUT2D eigenvalue weighted by molar-refractivity contribution is 7.98. The summed E-state index contributed by atoms with van der Waals surface area (Å²) in [6, 6.07) is 9.20. The Kier molecular flexibility index (Phi) is 4.89. The lowest BCUT2D eigenvalue weighted by atomic mass is 10.0. The molecule has 0 aromatic heterocycles. The number of nitrogens with one attached hydrogen (secondary N) is 1. The van der Waals surface area contributed by atoms with Crippen molar-refractivity contribution in [3.8, 4) is 0 Å². The van der Waals surface area contributed by atoms with Gasteiger partial charge in [-0.15, -0.1) is 0 Å². The van der Waals surface area contributed by atoms with Gasteiger partial charge in [-0.3, -0.25) is 0 Å². The van der Waals surface area contributed by atoms with Crippen LogP contribution in [0, 0.1) is 0 Å². The molecule has 1 aliphatic heterocycles. The number of fused-ring (bicyclic) bond motifs is 1. The van der Waals surface area contributed by atoms with Crippen LogP contribution in [-0.4, -0.2) is 23.5 Å². The minimum Gasteiger partial charge on any atom is -0.393 e. The Labute approximate surface area is 108 Å². The average Bonchev–Trinajstić information content (AvgIpc) is 2.34. The fourth-order valence-electron chi connectivity index (χ4n) is 2.22. The predicted octanol–water partition coefficient (Wildman–Crippen LogP) is 2.73. The van der Waals surface area contributed by atoms with Gasteiger partial charge in [0.2, 0.25) is 0 Å². The summed E-state index contributed by atoms with van der Waals surface area (Å²) in [7, 11) is 0. The summed E-state index contributed by atoms with van der Waals surface area (Å²) in [6.07, 6.45) is 1.75. The topological polar surface area (TPSA) is 32.3 Å². The van der Waals surface area contributed by atoms with Gasteiger partial charge in [0.15, 0.2) is 0 Å². The van der Waals surface area contributed by atoms with E-state index in [1.165, 1.54) is 11.1 Å². The van der Waals surface area contributed by atoms with Crippen molar-refractivity contribution in [2.24, 2.45) is 0 Å². The summed E-state index contributed by atoms with van der Waals surface area (Å²) >= 11 is 2.00. The van der Waals surface area contributed by atoms with Crippen LogP contribution in [0.3, 0.4) is 0 Å². The zero-order valence-electron chi connectivity index (χ0n) is 10.4. The Hall–Kier alpha value is -0.510. The highest BCUT2D eigenvalue weighted by Gasteiger charge is 2.18. The molecule has 0 saturated heterocycles. The number of hydrogen-bond donors (Lipinski definition) is 2. The van der Waals surface area contributed by atoms with E-state index in [0.29, 0.717) is 6.04 Å². The van der Waals surface area contributed by atoms with Crippen LogP contribution in [-0.2, 0) is 5.75 Å². The number of rotatable bonds is 5. The van der Waals surface area contributed by atoms with Gasteiger partial charge in [-0.25, -0.2) is 0 Å². The van der Waals surface area contributed by atoms with E-state index in [2.05, 4.69) is 29.6 Å². The van der Waals surface area contributed by atoms with Gasteiger partial charge in [0, 0.05) is 17.5 Å². The largest absolute Gasteiger partial charge is 0.393 e. The molecule has 0 aliphatic carbocycles. The summed E-state index contributed by atoms with van der Waals surface area (Å²) in [5, 5.41) is 12.8. The highest BCUT2D eigenvalue weighted by Crippen LogP contribution is 2.31. The van der Waals surface area contributed by atoms with E-state index in [4.69, 9.17) is 0 Å². The smallest absolute Gasteiger partial charge is 0.0512 e. The molecule has 2 atom stereocenters. The van der Waals surface area contributed by atoms with Gasteiger partial charge in [-0.2, -0.15) is 11.8 Å². The molecule has 1 heterocycles. The molecule has 17 heavy (non-hydrogen) atoms. The van der Waals surface area contributed by atoms with Crippen molar-refractivity contribution >= 4 is 11.8 Å². The molecule has 2 nitrogen and oxygen atoms in total. The second-order valence-electron chi connectivity index (χ2n) is 4.71. The van der Waals surface area contributed by atoms with E-state index >= 15 is 0 Å². The fourth-order valence-corrected chi connectivity index (χ4v) is 3.36. The number of benzene rings is 1. The van der Waals surface area contributed by atoms with Gasteiger partial charge in [0.1, 0.15) is 0 Å². The van der Waals surface area contributed by atoms with Crippen molar-refractivity contribution in [1.29, 1.82) is 0 Å². The molecular formula is C14H21NOS. The standard InChI is InChI=1S/C14H21NOS/c1-11(16)5-4-8-15-14-10-17-9-12-6-2-3-7-13(12)14/h2-3,6-7,11,14-16H,4-5,8-10H2,1H3. The molecule has 1 aromatic carbocycles. The quantitative estimate of drug-likeness (QED) is 0.789. The Morgan fingerprint density at radius 1 is 1.47 bits per heavy atom. The highest BCUT2D eigenvalue weighted by atomic mass is 32.2. The fraction of sp³-hybridized carbons (Fsp3) is 0.571. The molecule has 0 bridgehead atoms. The summed E-state index contributed by atoms with van der Waals surface area (Å²) in [6.45, 7) is 2.84. The molecule has 2 N–H and O–H groups in total. The zero-order chi connectivity index (χ0) is 12.1. The van der Waals surface area contributed by atoms with Crippen LogP contribution >= 0.6 is 11.8 Å². The number of aliphatic hydroxyl groups is 1. The predicted molar refractivity (Wildman–Crippen MR) is 74.3 cm³/mol. The normalized spacial score (nSPS) is 20.9. The van der Waals surface area contributed by atoms with E-state index in [0.717, 1.165) is 30.9 Å². The van der Waals surface area contributed by atoms with E-state index in [1.54, 1.807) is 0 Å². The van der Waals surface area contributed by atoms with Crippen LogP contribution in [0.1, 0.15) is 36.9 Å². The Morgan fingerprint density at radius 2 is 2.29 bits per heavy atom. The lowest BCUT2D eigenvalue weighted by Crippen LogP contribution is -2.27. The molecule has 0 radical (unpaired) electrons. The van der Waals surface area contributed by atoms with Gasteiger partial charge in [-0.05, 0) is 37.4 Å². The van der Waals surface area contributed by atoms with Gasteiger partial charge in [0.25, 0.3) is 0 Å². The second kappa shape index (κ2) is 6.43. The van der Waals surface area contributed by atoms with Crippen LogP contribution in [0.25, 0.3) is 0 Å². The van der Waals surface area contributed by atoms with Crippen molar-refractivity contribution in [2.75, 3.05) is 12.3 Å². The Bertz CT molecular complexity index is 354. The number of aliphatic hydroxyl groups excluding tert-OH is 1. The third kappa shape index (κ3) is 3.73. The molecule has 94 valence electrons. The van der Waals surface area contributed by atoms with Crippen molar-refractivity contribution in [3.05, 3.63) is 35.4 Å². The summed E-state index contributed by atoms with van der Waals surface area (Å²) in [5.74, 6) is 2.30. The monoisotopic (exact) mass is 251 g/mol. The Morgan fingerprint density at radius 3 is 3.12 bits per heavy atom. The summed E-state index contributed by atoms with van der Waals surface area (Å²) in [5.41, 5.74) is 2.93. The molecular weight excluding hydrogens is 230 g/mol. The number of hydrogen-bond acceptors (Lipinski definition) is 3. The molecule has 2 unspecified atom stereocenters. The number of thioether (sulfide) groups is 1. The van der Waals surface area contributed by atoms with Crippen molar-refractivity contribution in [2.45, 2.75) is 37.7 Å². The van der Waals surface area contributed by atoms with E-state index in [9.17, 15) is 5.11 Å². The maximum atomic E-state index is 9.22. The van der Waals surface area contributed by atoms with E-state index < -0.39 is 0 Å². The van der Waals surface area contributed by atoms with E-state index in [-0.39, 0.29) is 6.10 Å². The van der Waals surface area contributed by atoms with Crippen LogP contribution in [0.5, 0.6) is 0 Å². The molecule has 0 fully saturated rings. The first kappa shape index (κ1) is 12.9. The van der Waals surface area contributed by atoms with Crippen LogP contribution < -0.4 is 5.32 Å². The lowest BCUT2D eigenvalue weighted by Gasteiger charge is -2.26. The molecule has 3 heteroatoms. The van der Waals surface area contributed by atoms with Gasteiger partial charge >= 0.3 is 0 Å². The maximum Gasteiger partial charge on any atom is 0.0512 e. The first-order valence-corrected chi connectivity index (χ1v) is 7.50. The summed E-state index contributed by atoms with van der Waals surface area (Å²) < 4.78 is 0. The molecule has 1 aliphatic rings. The van der Waals surface area contributed by atoms with Crippen LogP contribution in [0.2, 0.25) is 0 Å². The second-order valence-corrected chi connectivity index (χ2v) is 5.74. The first-order chi connectivity index (χ1) is 8.27. The zero-order valence-corrected chi connectivity index (χ0v) is 11.2. The third-order valence-electron chi connectivity index (χ3n) is 3.16. The van der Waals surface area contributed by atoms with E-state index in [1.807, 2.05) is 18.7 Å². The lowest BCUT2D eigenvalue weighted by molar-refractivity contribution is 0.181. The molecule has 1 aromatic rings. The van der Waals surface area contributed by atoms with Crippen molar-refractivity contribution < 1.29 is 5.11 Å². The van der Waals surface area contributed by atoms with Crippen molar-refractivity contribution in [3.63, 3.8) is 0 Å². The third-order valence-corrected chi connectivity index (χ3v) is 4.25. The minimum atomic E-state index is -0.176. The molecule has 0 amide bonds. The average molecular weight is 251 g/mol. The van der Waals surface area contributed by atoms with Crippen molar-refractivity contribution in [1.82, 2.24) is 5.32 Å². The SMILES string of the molecule is CC(O)CCCNC1CSCc2ccccc21. The van der Waals surface area contributed by atoms with Gasteiger partial charge in [-0.1, -0.05) is 24.3 Å². The maximum absolute atomic E-state index is 9.22. The van der Waals surface area contributed by atoms with Gasteiger partial charge in [0.05, 0.1) is 6.10 Å². The summed E-state index contributed by atoms with van der Waals surface area (Å²) in [4.78, 5) is 0. The Balaban J connectivity index is 1.86. The van der Waals surface area contributed by atoms with Crippen LogP contribution in [0.15, 0.2) is 24.3 Å². The molecule has 0 saturated carbocycles. The molecule has 0 spiro atoms. The molecule has 2 rings (SSSR count). The van der Waals surface area contributed by atoms with Crippen LogP contribution in [0.4, 0.5) is 0 Å².